The van der Waals surface area contributed by atoms with Crippen molar-refractivity contribution in [2.24, 2.45) is 0 Å². The van der Waals surface area contributed by atoms with E-state index < -0.39 is 0 Å². The van der Waals surface area contributed by atoms with Gasteiger partial charge in [-0.05, 0) is 55.5 Å². The van der Waals surface area contributed by atoms with Crippen LogP contribution in [-0.2, 0) is 0 Å². The van der Waals surface area contributed by atoms with E-state index in [1.54, 1.807) is 36.4 Å². The third kappa shape index (κ3) is 6.56. The molecule has 0 bridgehead atoms. The van der Waals surface area contributed by atoms with Crippen molar-refractivity contribution < 1.29 is 28.1 Å². The highest BCUT2D eigenvalue weighted by Crippen LogP contribution is 2.39. The highest BCUT2D eigenvalue weighted by atomic mass is 16.5. The van der Waals surface area contributed by atoms with E-state index in [1.165, 1.54) is 0 Å². The lowest BCUT2D eigenvalue weighted by Gasteiger charge is -2.16. The second-order valence-electron chi connectivity index (χ2n) is 8.70. The Bertz CT molecular complexity index is 1580. The Morgan fingerprint density at radius 2 is 1.18 bits per heavy atom. The fourth-order valence-corrected chi connectivity index (χ4v) is 4.14. The first-order valence-corrected chi connectivity index (χ1v) is 13.2. The molecule has 0 saturated heterocycles. The molecule has 0 saturated carbocycles. The van der Waals surface area contributed by atoms with Crippen molar-refractivity contribution in [3.05, 3.63) is 113 Å². The van der Waals surface area contributed by atoms with Crippen LogP contribution in [0.4, 0.5) is 0 Å². The maximum atomic E-state index is 13.3. The molecule has 5 aromatic rings. The minimum atomic E-state index is -0.240. The number of para-hydroxylation sites is 3. The lowest BCUT2D eigenvalue weighted by atomic mass is 10.1. The summed E-state index contributed by atoms with van der Waals surface area (Å²) in [7, 11) is 0. The first-order valence-electron chi connectivity index (χ1n) is 13.2. The van der Waals surface area contributed by atoms with E-state index in [0.717, 1.165) is 11.5 Å². The van der Waals surface area contributed by atoms with Gasteiger partial charge in [0.05, 0.1) is 17.6 Å². The van der Waals surface area contributed by atoms with E-state index in [-0.39, 0.29) is 17.8 Å². The second-order valence-corrected chi connectivity index (χ2v) is 8.70. The number of ether oxygens (including phenoxy) is 5. The van der Waals surface area contributed by atoms with Gasteiger partial charge in [0.25, 0.3) is 0 Å². The summed E-state index contributed by atoms with van der Waals surface area (Å²) in [5, 5.41) is 0.451. The van der Waals surface area contributed by atoms with Gasteiger partial charge in [-0.1, -0.05) is 48.5 Å². The summed E-state index contributed by atoms with van der Waals surface area (Å²) in [6.07, 6.45) is 0. The molecule has 7 heteroatoms. The zero-order chi connectivity index (χ0) is 27.6. The molecule has 4 aromatic carbocycles. The van der Waals surface area contributed by atoms with E-state index in [2.05, 4.69) is 0 Å². The Labute approximate surface area is 232 Å². The third-order valence-electron chi connectivity index (χ3n) is 5.96. The number of hydrogen-bond acceptors (Lipinski definition) is 7. The van der Waals surface area contributed by atoms with Crippen LogP contribution >= 0.6 is 0 Å². The summed E-state index contributed by atoms with van der Waals surface area (Å²) in [5.74, 6) is 3.01. The van der Waals surface area contributed by atoms with Gasteiger partial charge in [-0.3, -0.25) is 4.79 Å². The average Bonchev–Trinajstić information content (AvgIpc) is 3.00. The van der Waals surface area contributed by atoms with E-state index in [1.807, 2.05) is 73.7 Å². The molecule has 0 atom stereocenters. The summed E-state index contributed by atoms with van der Waals surface area (Å²) in [6, 6.07) is 31.6. The fraction of sp³-hybridized carbons (Fsp3) is 0.182. The van der Waals surface area contributed by atoms with Gasteiger partial charge in [0.1, 0.15) is 55.0 Å². The zero-order valence-electron chi connectivity index (χ0n) is 22.2. The largest absolute Gasteiger partial charge is 0.490 e. The molecule has 5 rings (SSSR count). The fourth-order valence-electron chi connectivity index (χ4n) is 4.14. The van der Waals surface area contributed by atoms with Crippen LogP contribution in [0, 0.1) is 0 Å². The van der Waals surface area contributed by atoms with Crippen LogP contribution in [0.5, 0.6) is 28.7 Å². The topological polar surface area (TPSA) is 76.4 Å². The van der Waals surface area contributed by atoms with Crippen molar-refractivity contribution in [2.45, 2.75) is 6.92 Å². The smallest absolute Gasteiger partial charge is 0.235 e. The molecular weight excluding hydrogens is 508 g/mol. The van der Waals surface area contributed by atoms with Gasteiger partial charge in [-0.25, -0.2) is 0 Å². The molecule has 0 fully saturated rings. The minimum Gasteiger partial charge on any atom is -0.490 e. The summed E-state index contributed by atoms with van der Waals surface area (Å²) < 4.78 is 35.6. The Balaban J connectivity index is 1.40. The van der Waals surface area contributed by atoms with Crippen molar-refractivity contribution in [3.63, 3.8) is 0 Å². The quantitative estimate of drug-likeness (QED) is 0.153. The van der Waals surface area contributed by atoms with Crippen LogP contribution < -0.4 is 29.1 Å². The van der Waals surface area contributed by atoms with Crippen molar-refractivity contribution in [2.75, 3.05) is 33.0 Å². The minimum absolute atomic E-state index is 0.136. The third-order valence-corrected chi connectivity index (χ3v) is 5.96. The maximum Gasteiger partial charge on any atom is 0.235 e. The van der Waals surface area contributed by atoms with Crippen molar-refractivity contribution >= 4 is 11.0 Å². The van der Waals surface area contributed by atoms with Crippen LogP contribution in [0.2, 0.25) is 0 Å². The second kappa shape index (κ2) is 13.2. The van der Waals surface area contributed by atoms with E-state index >= 15 is 0 Å². The van der Waals surface area contributed by atoms with E-state index in [9.17, 15) is 4.79 Å². The highest BCUT2D eigenvalue weighted by Gasteiger charge is 2.21. The summed E-state index contributed by atoms with van der Waals surface area (Å²) in [6.45, 7) is 3.41. The number of hydrogen-bond donors (Lipinski definition) is 0. The Morgan fingerprint density at radius 1 is 0.600 bits per heavy atom. The molecule has 0 aliphatic rings. The average molecular weight is 539 g/mol. The zero-order valence-corrected chi connectivity index (χ0v) is 22.2. The molecule has 1 heterocycles. The molecule has 204 valence electrons. The molecule has 40 heavy (non-hydrogen) atoms. The Hall–Kier alpha value is -4.91. The number of rotatable bonds is 13. The molecule has 0 radical (unpaired) electrons. The maximum absolute atomic E-state index is 13.3. The molecular formula is C33H30O7. The monoisotopic (exact) mass is 538 g/mol. The molecule has 0 unspecified atom stereocenters. The summed E-state index contributed by atoms with van der Waals surface area (Å²) >= 11 is 0. The lowest BCUT2D eigenvalue weighted by Crippen LogP contribution is -2.12. The normalized spacial score (nSPS) is 10.7. The van der Waals surface area contributed by atoms with E-state index in [4.69, 9.17) is 28.1 Å². The molecule has 7 nitrogen and oxygen atoms in total. The van der Waals surface area contributed by atoms with Gasteiger partial charge in [-0.2, -0.15) is 0 Å². The van der Waals surface area contributed by atoms with Gasteiger partial charge in [0, 0.05) is 6.07 Å². The van der Waals surface area contributed by atoms with Crippen molar-refractivity contribution in [1.82, 2.24) is 0 Å². The predicted octanol–water partition coefficient (Wildman–Crippen LogP) is 6.77. The first-order chi connectivity index (χ1) is 19.7. The van der Waals surface area contributed by atoms with Gasteiger partial charge in [0.2, 0.25) is 11.2 Å². The van der Waals surface area contributed by atoms with Gasteiger partial charge < -0.3 is 28.1 Å². The van der Waals surface area contributed by atoms with Crippen molar-refractivity contribution in [1.29, 1.82) is 0 Å². The van der Waals surface area contributed by atoms with Crippen LogP contribution in [0.3, 0.4) is 0 Å². The molecule has 0 N–H and O–H groups in total. The van der Waals surface area contributed by atoms with E-state index in [0.29, 0.717) is 60.2 Å². The Kier molecular flexibility index (Phi) is 8.84. The predicted molar refractivity (Wildman–Crippen MR) is 154 cm³/mol. The molecule has 0 aliphatic carbocycles. The standard InChI is InChI=1S/C33H30O7/c1-2-35-33-31(34)27-15-9-10-16-29(27)40-32(33)28-18-17-26(38-20-19-36-24-11-5-3-6-12-24)23-30(28)39-22-21-37-25-13-7-4-8-14-25/h3-18,23H,2,19-22H2,1H3. The number of benzene rings is 4. The van der Waals surface area contributed by atoms with Crippen LogP contribution in [0.1, 0.15) is 6.92 Å². The van der Waals surface area contributed by atoms with Gasteiger partial charge >= 0.3 is 0 Å². The highest BCUT2D eigenvalue weighted by molar-refractivity contribution is 5.83. The van der Waals surface area contributed by atoms with Crippen LogP contribution in [-0.4, -0.2) is 33.0 Å². The van der Waals surface area contributed by atoms with Crippen LogP contribution in [0.25, 0.3) is 22.3 Å². The lowest BCUT2D eigenvalue weighted by molar-refractivity contribution is 0.210. The summed E-state index contributed by atoms with van der Waals surface area (Å²) in [4.78, 5) is 13.3. The molecule has 0 aliphatic heterocycles. The molecule has 1 aromatic heterocycles. The molecule has 0 spiro atoms. The van der Waals surface area contributed by atoms with Gasteiger partial charge in [0.15, 0.2) is 5.76 Å². The first kappa shape index (κ1) is 26.7. The SMILES string of the molecule is CCOc1c(-c2ccc(OCCOc3ccccc3)cc2OCCOc2ccccc2)oc2ccccc2c1=O. The van der Waals surface area contributed by atoms with Crippen LogP contribution in [0.15, 0.2) is 112 Å². The molecule has 0 amide bonds. The van der Waals surface area contributed by atoms with Crippen molar-refractivity contribution in [3.8, 4) is 40.1 Å². The van der Waals surface area contributed by atoms with Gasteiger partial charge in [-0.15, -0.1) is 0 Å². The Morgan fingerprint density at radius 3 is 1.82 bits per heavy atom. The number of fused-ring (bicyclic) bond motifs is 1. The summed E-state index contributed by atoms with van der Waals surface area (Å²) in [5.41, 5.74) is 0.789.